The molecule has 0 aliphatic carbocycles. The van der Waals surface area contributed by atoms with E-state index >= 15 is 0 Å². The average Bonchev–Trinajstić information content (AvgIpc) is 2.70. The quantitative estimate of drug-likeness (QED) is 0.528. The largest absolute Gasteiger partial charge is 0.396 e. The maximum atomic E-state index is 14.2. The molecule has 1 fully saturated rings. The third-order valence-corrected chi connectivity index (χ3v) is 5.17. The molecular weight excluding hydrogens is 367 g/mol. The van der Waals surface area contributed by atoms with E-state index in [-0.39, 0.29) is 5.69 Å². The molecule has 2 heterocycles. The van der Waals surface area contributed by atoms with Crippen LogP contribution in [0.15, 0.2) is 41.5 Å². The molecule has 1 saturated heterocycles. The number of nitrogens with zero attached hydrogens (tertiary/aromatic N) is 4. The van der Waals surface area contributed by atoms with Crippen molar-refractivity contribution in [3.05, 3.63) is 47.9 Å². The third kappa shape index (κ3) is 3.91. The van der Waals surface area contributed by atoms with Crippen LogP contribution >= 0.6 is 0 Å². The minimum Gasteiger partial charge on any atom is -0.396 e. The number of nitrogen functional groups attached to an aromatic ring is 1. The number of hydrogen-bond acceptors (Lipinski definition) is 6. The van der Waals surface area contributed by atoms with E-state index in [1.54, 1.807) is 19.3 Å². The van der Waals surface area contributed by atoms with Crippen molar-refractivity contribution in [2.75, 3.05) is 30.8 Å². The van der Waals surface area contributed by atoms with Gasteiger partial charge in [0.25, 0.3) is 0 Å². The van der Waals surface area contributed by atoms with Crippen molar-refractivity contribution in [2.45, 2.75) is 25.9 Å². The summed E-state index contributed by atoms with van der Waals surface area (Å²) in [7, 11) is 1.62. The van der Waals surface area contributed by atoms with Crippen LogP contribution in [0.2, 0.25) is 0 Å². The summed E-state index contributed by atoms with van der Waals surface area (Å²) in [5, 5.41) is 4.50. The number of piperazine rings is 1. The van der Waals surface area contributed by atoms with E-state index in [1.807, 2.05) is 6.07 Å². The molecule has 3 N–H and O–H groups in total. The predicted molar refractivity (Wildman–Crippen MR) is 117 cm³/mol. The molecule has 0 spiro atoms. The number of hydrogen-bond donors (Lipinski definition) is 2. The molecule has 6 nitrogen and oxygen atoms in total. The first-order chi connectivity index (χ1) is 13.9. The highest BCUT2D eigenvalue weighted by molar-refractivity contribution is 5.89. The molecule has 0 radical (unpaired) electrons. The maximum Gasteiger partial charge on any atom is 0.159 e. The van der Waals surface area contributed by atoms with Crippen LogP contribution in [0.1, 0.15) is 19.4 Å². The Hall–Kier alpha value is -3.06. The Kier molecular flexibility index (Phi) is 5.15. The van der Waals surface area contributed by atoms with Gasteiger partial charge in [-0.3, -0.25) is 4.99 Å². The van der Waals surface area contributed by atoms with E-state index in [4.69, 9.17) is 5.73 Å². The Morgan fingerprint density at radius 1 is 1.21 bits per heavy atom. The van der Waals surface area contributed by atoms with Crippen molar-refractivity contribution in [2.24, 2.45) is 4.99 Å². The molecule has 7 heteroatoms. The van der Waals surface area contributed by atoms with Crippen LogP contribution in [-0.2, 0) is 0 Å². The lowest BCUT2D eigenvalue weighted by atomic mass is 10.1. The lowest BCUT2D eigenvalue weighted by Gasteiger charge is -2.37. The third-order valence-electron chi connectivity index (χ3n) is 5.17. The number of nitrogens with one attached hydrogen (secondary N) is 1. The first-order valence-corrected chi connectivity index (χ1v) is 9.74. The molecule has 4 rings (SSSR count). The normalized spacial score (nSPS) is 19.9. The van der Waals surface area contributed by atoms with Gasteiger partial charge in [-0.2, -0.15) is 0 Å². The van der Waals surface area contributed by atoms with Crippen LogP contribution < -0.4 is 16.0 Å². The van der Waals surface area contributed by atoms with Gasteiger partial charge in [0, 0.05) is 66.8 Å². The lowest BCUT2D eigenvalue weighted by molar-refractivity contribution is 0.407. The van der Waals surface area contributed by atoms with Gasteiger partial charge in [0.05, 0.1) is 11.2 Å². The van der Waals surface area contributed by atoms with Gasteiger partial charge in [0.1, 0.15) is 5.82 Å². The first kappa shape index (κ1) is 19.3. The number of rotatable bonds is 3. The zero-order chi connectivity index (χ0) is 20.5. The Morgan fingerprint density at radius 3 is 2.69 bits per heavy atom. The standard InChI is InChI=1S/C22H25FN6/c1-13-11-29(12-14(2)27-13)18-4-5-20-16(7-18)10-26-22(28-20)15-6-17(9-25-3)21(24)19(23)8-15/h4-10,13-14,27H,11-12,24H2,1-3H3. The summed E-state index contributed by atoms with van der Waals surface area (Å²) in [6, 6.07) is 10.2. The Balaban J connectivity index is 1.69. The predicted octanol–water partition coefficient (Wildman–Crippen LogP) is 3.25. The fourth-order valence-corrected chi connectivity index (χ4v) is 3.91. The molecular formula is C22H25FN6. The van der Waals surface area contributed by atoms with Crippen molar-refractivity contribution in [1.29, 1.82) is 0 Å². The summed E-state index contributed by atoms with van der Waals surface area (Å²) in [4.78, 5) is 15.4. The van der Waals surface area contributed by atoms with Gasteiger partial charge >= 0.3 is 0 Å². The van der Waals surface area contributed by atoms with Crippen LogP contribution in [0.5, 0.6) is 0 Å². The highest BCUT2D eigenvalue weighted by atomic mass is 19.1. The summed E-state index contributed by atoms with van der Waals surface area (Å²) >= 11 is 0. The monoisotopic (exact) mass is 392 g/mol. The number of fused-ring (bicyclic) bond motifs is 1. The number of anilines is 2. The molecule has 2 unspecified atom stereocenters. The molecule has 1 aromatic heterocycles. The average molecular weight is 392 g/mol. The molecule has 2 aromatic carbocycles. The van der Waals surface area contributed by atoms with E-state index < -0.39 is 5.82 Å². The number of halogens is 1. The van der Waals surface area contributed by atoms with E-state index in [1.165, 1.54) is 12.3 Å². The SMILES string of the molecule is CN=Cc1cc(-c2ncc3cc(N4CC(C)NC(C)C4)ccc3n2)cc(F)c1N. The van der Waals surface area contributed by atoms with Crippen molar-refractivity contribution >= 4 is 28.5 Å². The molecule has 1 aliphatic rings. The minimum atomic E-state index is -0.501. The van der Waals surface area contributed by atoms with Gasteiger partial charge in [-0.1, -0.05) is 0 Å². The Labute approximate surface area is 169 Å². The summed E-state index contributed by atoms with van der Waals surface area (Å²) in [6.07, 6.45) is 3.32. The Bertz CT molecular complexity index is 1070. The van der Waals surface area contributed by atoms with E-state index in [0.717, 1.165) is 29.7 Å². The van der Waals surface area contributed by atoms with Gasteiger partial charge in [-0.05, 0) is 44.2 Å². The van der Waals surface area contributed by atoms with Crippen molar-refractivity contribution in [3.8, 4) is 11.4 Å². The molecule has 150 valence electrons. The highest BCUT2D eigenvalue weighted by Gasteiger charge is 2.21. The molecule has 2 atom stereocenters. The first-order valence-electron chi connectivity index (χ1n) is 9.74. The van der Waals surface area contributed by atoms with Gasteiger partial charge in [0.15, 0.2) is 5.82 Å². The van der Waals surface area contributed by atoms with E-state index in [0.29, 0.717) is 29.0 Å². The smallest absolute Gasteiger partial charge is 0.159 e. The number of aromatic nitrogens is 2. The van der Waals surface area contributed by atoms with Gasteiger partial charge in [0.2, 0.25) is 0 Å². The molecule has 1 aliphatic heterocycles. The zero-order valence-corrected chi connectivity index (χ0v) is 16.9. The van der Waals surface area contributed by atoms with Crippen molar-refractivity contribution < 1.29 is 4.39 Å². The van der Waals surface area contributed by atoms with E-state index in [2.05, 4.69) is 51.2 Å². The van der Waals surface area contributed by atoms with E-state index in [9.17, 15) is 4.39 Å². The summed E-state index contributed by atoms with van der Waals surface area (Å²) in [5.41, 5.74) is 8.94. The van der Waals surface area contributed by atoms with Gasteiger partial charge < -0.3 is 16.0 Å². The van der Waals surface area contributed by atoms with Crippen LogP contribution in [0, 0.1) is 5.82 Å². The summed E-state index contributed by atoms with van der Waals surface area (Å²) < 4.78 is 14.2. The molecule has 29 heavy (non-hydrogen) atoms. The highest BCUT2D eigenvalue weighted by Crippen LogP contribution is 2.27. The van der Waals surface area contributed by atoms with Crippen molar-refractivity contribution in [3.63, 3.8) is 0 Å². The second kappa shape index (κ2) is 7.75. The molecule has 0 bridgehead atoms. The lowest BCUT2D eigenvalue weighted by Crippen LogP contribution is -2.54. The molecule has 3 aromatic rings. The maximum absolute atomic E-state index is 14.2. The second-order valence-corrected chi connectivity index (χ2v) is 7.66. The van der Waals surface area contributed by atoms with Crippen LogP contribution in [-0.4, -0.2) is 48.4 Å². The summed E-state index contributed by atoms with van der Waals surface area (Å²) in [5.74, 6) is -0.0438. The number of nitrogens with two attached hydrogens (primary N) is 1. The number of benzene rings is 2. The fraction of sp³-hybridized carbons (Fsp3) is 0.318. The second-order valence-electron chi connectivity index (χ2n) is 7.66. The summed E-state index contributed by atoms with van der Waals surface area (Å²) in [6.45, 7) is 6.31. The molecule has 0 amide bonds. The zero-order valence-electron chi connectivity index (χ0n) is 16.9. The molecule has 0 saturated carbocycles. The van der Waals surface area contributed by atoms with Gasteiger partial charge in [-0.25, -0.2) is 14.4 Å². The number of aliphatic imine (C=N–C) groups is 1. The van der Waals surface area contributed by atoms with Crippen LogP contribution in [0.4, 0.5) is 15.8 Å². The minimum absolute atomic E-state index is 0.0734. The fourth-order valence-electron chi connectivity index (χ4n) is 3.91. The topological polar surface area (TPSA) is 79.4 Å². The van der Waals surface area contributed by atoms with Crippen LogP contribution in [0.3, 0.4) is 0 Å². The Morgan fingerprint density at radius 2 is 1.97 bits per heavy atom. The van der Waals surface area contributed by atoms with Gasteiger partial charge in [-0.15, -0.1) is 0 Å². The van der Waals surface area contributed by atoms with Crippen molar-refractivity contribution in [1.82, 2.24) is 15.3 Å². The van der Waals surface area contributed by atoms with Crippen LogP contribution in [0.25, 0.3) is 22.3 Å².